The maximum Gasteiger partial charge on any atom is 0.310 e. The Balaban J connectivity index is 2.19. The van der Waals surface area contributed by atoms with Crippen molar-refractivity contribution in [1.82, 2.24) is 4.90 Å². The number of likely N-dealkylation sites (N-methyl/N-ethyl adjacent to an activating group) is 1. The Labute approximate surface area is 123 Å². The molecule has 1 aliphatic heterocycles. The van der Waals surface area contributed by atoms with Gasteiger partial charge in [-0.3, -0.25) is 9.69 Å². The van der Waals surface area contributed by atoms with Crippen LogP contribution in [0, 0.1) is 11.7 Å². The standard InChI is InChI=1S/C15H20FNO4/c1-3-17(13-9-21-8-12(13)15(18)19)7-10-6-11(16)4-5-14(10)20-2/h4-6,12-13H,3,7-9H2,1-2H3,(H,18,19). The van der Waals surface area contributed by atoms with Crippen LogP contribution in [-0.2, 0) is 16.1 Å². The van der Waals surface area contributed by atoms with Crippen molar-refractivity contribution in [2.75, 3.05) is 26.9 Å². The third kappa shape index (κ3) is 3.51. The van der Waals surface area contributed by atoms with Crippen LogP contribution in [0.1, 0.15) is 12.5 Å². The van der Waals surface area contributed by atoms with Gasteiger partial charge in [-0.05, 0) is 24.7 Å². The SMILES string of the molecule is CCN(Cc1cc(F)ccc1OC)C1COCC1C(=O)O. The van der Waals surface area contributed by atoms with Crippen molar-refractivity contribution in [3.63, 3.8) is 0 Å². The average Bonchev–Trinajstić information content (AvgIpc) is 2.94. The van der Waals surface area contributed by atoms with Crippen molar-refractivity contribution in [2.45, 2.75) is 19.5 Å². The molecule has 0 amide bonds. The quantitative estimate of drug-likeness (QED) is 0.867. The maximum atomic E-state index is 13.4. The molecule has 0 radical (unpaired) electrons. The van der Waals surface area contributed by atoms with Crippen LogP contribution in [-0.4, -0.2) is 48.9 Å². The molecule has 1 aromatic rings. The van der Waals surface area contributed by atoms with E-state index in [1.165, 1.54) is 19.2 Å². The van der Waals surface area contributed by atoms with Crippen molar-refractivity contribution < 1.29 is 23.8 Å². The number of carbonyl (C=O) groups is 1. The van der Waals surface area contributed by atoms with Gasteiger partial charge in [0.05, 0.1) is 26.2 Å². The van der Waals surface area contributed by atoms with Gasteiger partial charge in [-0.15, -0.1) is 0 Å². The molecule has 5 nitrogen and oxygen atoms in total. The number of hydrogen-bond acceptors (Lipinski definition) is 4. The summed E-state index contributed by atoms with van der Waals surface area (Å²) in [5, 5.41) is 9.25. The Morgan fingerprint density at radius 3 is 2.90 bits per heavy atom. The van der Waals surface area contributed by atoms with Crippen LogP contribution >= 0.6 is 0 Å². The van der Waals surface area contributed by atoms with Crippen molar-refractivity contribution in [2.24, 2.45) is 5.92 Å². The van der Waals surface area contributed by atoms with Gasteiger partial charge in [0.15, 0.2) is 0 Å². The van der Waals surface area contributed by atoms with Crippen molar-refractivity contribution in [3.05, 3.63) is 29.6 Å². The molecule has 1 saturated heterocycles. The Morgan fingerprint density at radius 2 is 2.29 bits per heavy atom. The number of carboxylic acid groups (broad SMARTS) is 1. The van der Waals surface area contributed by atoms with E-state index in [1.54, 1.807) is 6.07 Å². The smallest absolute Gasteiger partial charge is 0.310 e. The normalized spacial score (nSPS) is 21.7. The largest absolute Gasteiger partial charge is 0.496 e. The lowest BCUT2D eigenvalue weighted by molar-refractivity contribution is -0.143. The molecule has 0 spiro atoms. The third-order valence-electron chi connectivity index (χ3n) is 3.86. The first-order valence-corrected chi connectivity index (χ1v) is 6.93. The van der Waals surface area contributed by atoms with Gasteiger partial charge in [-0.25, -0.2) is 4.39 Å². The van der Waals surface area contributed by atoms with Gasteiger partial charge < -0.3 is 14.6 Å². The minimum atomic E-state index is -0.859. The summed E-state index contributed by atoms with van der Waals surface area (Å²) >= 11 is 0. The summed E-state index contributed by atoms with van der Waals surface area (Å²) in [5.74, 6) is -1.15. The van der Waals surface area contributed by atoms with E-state index in [-0.39, 0.29) is 18.5 Å². The lowest BCUT2D eigenvalue weighted by Crippen LogP contribution is -2.42. The van der Waals surface area contributed by atoms with Gasteiger partial charge in [-0.2, -0.15) is 0 Å². The van der Waals surface area contributed by atoms with Gasteiger partial charge in [0, 0.05) is 18.2 Å². The van der Waals surface area contributed by atoms with E-state index in [2.05, 4.69) is 0 Å². The lowest BCUT2D eigenvalue weighted by Gasteiger charge is -2.29. The van der Waals surface area contributed by atoms with Crippen LogP contribution < -0.4 is 4.74 Å². The molecule has 0 aromatic heterocycles. The maximum absolute atomic E-state index is 13.4. The average molecular weight is 297 g/mol. The number of nitrogens with zero attached hydrogens (tertiary/aromatic N) is 1. The first-order chi connectivity index (χ1) is 10.1. The number of halogens is 1. The molecule has 2 unspecified atom stereocenters. The molecule has 0 aliphatic carbocycles. The van der Waals surface area contributed by atoms with Gasteiger partial charge in [-0.1, -0.05) is 6.92 Å². The van der Waals surface area contributed by atoms with E-state index in [0.29, 0.717) is 31.0 Å². The second-order valence-electron chi connectivity index (χ2n) is 5.07. The molecule has 1 heterocycles. The number of carboxylic acids is 1. The molecule has 0 bridgehead atoms. The summed E-state index contributed by atoms with van der Waals surface area (Å²) in [5.41, 5.74) is 0.704. The fourth-order valence-corrected chi connectivity index (χ4v) is 2.69. The molecular weight excluding hydrogens is 277 g/mol. The number of benzene rings is 1. The van der Waals surface area contributed by atoms with Crippen LogP contribution in [0.2, 0.25) is 0 Å². The van der Waals surface area contributed by atoms with E-state index in [4.69, 9.17) is 9.47 Å². The molecule has 2 atom stereocenters. The highest BCUT2D eigenvalue weighted by molar-refractivity contribution is 5.71. The highest BCUT2D eigenvalue weighted by Gasteiger charge is 2.37. The van der Waals surface area contributed by atoms with Crippen LogP contribution in [0.5, 0.6) is 5.75 Å². The van der Waals surface area contributed by atoms with Crippen molar-refractivity contribution >= 4 is 5.97 Å². The lowest BCUT2D eigenvalue weighted by atomic mass is 10.0. The van der Waals surface area contributed by atoms with Gasteiger partial charge in [0.2, 0.25) is 0 Å². The third-order valence-corrected chi connectivity index (χ3v) is 3.86. The Bertz CT molecular complexity index is 508. The summed E-state index contributed by atoms with van der Waals surface area (Å²) in [4.78, 5) is 13.3. The topological polar surface area (TPSA) is 59.0 Å². The van der Waals surface area contributed by atoms with Crippen molar-refractivity contribution in [1.29, 1.82) is 0 Å². The number of rotatable bonds is 6. The zero-order valence-corrected chi connectivity index (χ0v) is 12.2. The summed E-state index contributed by atoms with van der Waals surface area (Å²) in [6.07, 6.45) is 0. The van der Waals surface area contributed by atoms with Crippen LogP contribution in [0.15, 0.2) is 18.2 Å². The number of ether oxygens (including phenoxy) is 2. The minimum absolute atomic E-state index is 0.208. The first-order valence-electron chi connectivity index (χ1n) is 6.93. The minimum Gasteiger partial charge on any atom is -0.496 e. The molecule has 1 aromatic carbocycles. The van der Waals surface area contributed by atoms with Crippen LogP contribution in [0.4, 0.5) is 4.39 Å². The predicted molar refractivity (Wildman–Crippen MR) is 74.8 cm³/mol. The molecular formula is C15H20FNO4. The number of aliphatic carboxylic acids is 1. The molecule has 1 N–H and O–H groups in total. The molecule has 116 valence electrons. The van der Waals surface area contributed by atoms with Gasteiger partial charge in [0.25, 0.3) is 0 Å². The molecule has 6 heteroatoms. The summed E-state index contributed by atoms with van der Waals surface area (Å²) < 4.78 is 24.0. The molecule has 2 rings (SSSR count). The van der Waals surface area contributed by atoms with Crippen LogP contribution in [0.3, 0.4) is 0 Å². The predicted octanol–water partition coefficient (Wildman–Crippen LogP) is 1.76. The van der Waals surface area contributed by atoms with E-state index < -0.39 is 11.9 Å². The Hall–Kier alpha value is -1.66. The highest BCUT2D eigenvalue weighted by atomic mass is 19.1. The number of methoxy groups -OCH3 is 1. The number of hydrogen-bond donors (Lipinski definition) is 1. The van der Waals surface area contributed by atoms with E-state index in [1.807, 2.05) is 11.8 Å². The van der Waals surface area contributed by atoms with Crippen molar-refractivity contribution in [3.8, 4) is 5.75 Å². The van der Waals surface area contributed by atoms with Gasteiger partial charge >= 0.3 is 5.97 Å². The van der Waals surface area contributed by atoms with E-state index in [9.17, 15) is 14.3 Å². The highest BCUT2D eigenvalue weighted by Crippen LogP contribution is 2.26. The first kappa shape index (κ1) is 15.7. The monoisotopic (exact) mass is 297 g/mol. The van der Waals surface area contributed by atoms with Crippen LogP contribution in [0.25, 0.3) is 0 Å². The summed E-state index contributed by atoms with van der Waals surface area (Å²) in [6.45, 7) is 3.62. The Kier molecular flexibility index (Phi) is 5.14. The fourth-order valence-electron chi connectivity index (χ4n) is 2.69. The van der Waals surface area contributed by atoms with E-state index >= 15 is 0 Å². The molecule has 1 aliphatic rings. The second kappa shape index (κ2) is 6.87. The Morgan fingerprint density at radius 1 is 1.52 bits per heavy atom. The molecule has 1 fully saturated rings. The second-order valence-corrected chi connectivity index (χ2v) is 5.07. The summed E-state index contributed by atoms with van der Waals surface area (Å²) in [7, 11) is 1.53. The summed E-state index contributed by atoms with van der Waals surface area (Å²) in [6, 6.07) is 4.14. The van der Waals surface area contributed by atoms with Gasteiger partial charge in [0.1, 0.15) is 11.6 Å². The molecule has 0 saturated carbocycles. The fraction of sp³-hybridized carbons (Fsp3) is 0.533. The molecule has 21 heavy (non-hydrogen) atoms. The zero-order valence-electron chi connectivity index (χ0n) is 12.2. The van der Waals surface area contributed by atoms with E-state index in [0.717, 1.165) is 0 Å². The zero-order chi connectivity index (χ0) is 15.4.